The summed E-state index contributed by atoms with van der Waals surface area (Å²) >= 11 is 0. The lowest BCUT2D eigenvalue weighted by Gasteiger charge is -2.26. The second-order valence-corrected chi connectivity index (χ2v) is 5.45. The first-order chi connectivity index (χ1) is 11.5. The molecule has 2 aromatic carbocycles. The largest absolute Gasteiger partial charge is 0.351 e. The van der Waals surface area contributed by atoms with Crippen LogP contribution < -0.4 is 16.4 Å². The number of likely N-dealkylation sites (N-methyl/N-ethyl adjacent to an activating group) is 1. The van der Waals surface area contributed by atoms with Gasteiger partial charge in [-0.2, -0.15) is 0 Å². The van der Waals surface area contributed by atoms with Crippen LogP contribution in [0.15, 0.2) is 54.6 Å². The Morgan fingerprint density at radius 3 is 2.25 bits per heavy atom. The number of hydrogen-bond donors (Lipinski definition) is 3. The molecule has 2 aromatic rings. The van der Waals surface area contributed by atoms with Gasteiger partial charge in [0.2, 0.25) is 5.91 Å². The number of nitrogens with one attached hydrogen (secondary N) is 2. The Labute approximate surface area is 141 Å². The monoisotopic (exact) mass is 326 g/mol. The zero-order valence-corrected chi connectivity index (χ0v) is 13.8. The summed E-state index contributed by atoms with van der Waals surface area (Å²) in [7, 11) is 1.91. The van der Waals surface area contributed by atoms with Gasteiger partial charge >= 0.3 is 6.03 Å². The van der Waals surface area contributed by atoms with E-state index in [9.17, 15) is 9.59 Å². The summed E-state index contributed by atoms with van der Waals surface area (Å²) in [5, 5.41) is 5.39. The first-order valence-corrected chi connectivity index (χ1v) is 7.74. The smallest absolute Gasteiger partial charge is 0.316 e. The SMILES string of the molecule is CCN(C)[C@@H](C(=O)Nc1cccc(NC(N)=O)c1)c1ccccc1. The summed E-state index contributed by atoms with van der Waals surface area (Å²) in [6, 6.07) is 15.4. The van der Waals surface area contributed by atoms with E-state index in [4.69, 9.17) is 5.73 Å². The van der Waals surface area contributed by atoms with E-state index in [0.717, 1.165) is 12.1 Å². The van der Waals surface area contributed by atoms with Crippen LogP contribution in [0.3, 0.4) is 0 Å². The van der Waals surface area contributed by atoms with Crippen LogP contribution in [-0.4, -0.2) is 30.4 Å². The van der Waals surface area contributed by atoms with Crippen molar-refractivity contribution in [2.24, 2.45) is 5.73 Å². The van der Waals surface area contributed by atoms with Crippen LogP contribution in [0.1, 0.15) is 18.5 Å². The number of benzene rings is 2. The molecule has 0 spiro atoms. The minimum absolute atomic E-state index is 0.137. The highest BCUT2D eigenvalue weighted by Gasteiger charge is 2.24. The van der Waals surface area contributed by atoms with Crippen LogP contribution in [0.5, 0.6) is 0 Å². The Balaban J connectivity index is 2.20. The van der Waals surface area contributed by atoms with Crippen molar-refractivity contribution in [3.05, 3.63) is 60.2 Å². The third kappa shape index (κ3) is 4.57. The van der Waals surface area contributed by atoms with Gasteiger partial charge in [0.25, 0.3) is 0 Å². The third-order valence-corrected chi connectivity index (χ3v) is 3.70. The van der Waals surface area contributed by atoms with Crippen molar-refractivity contribution >= 4 is 23.3 Å². The third-order valence-electron chi connectivity index (χ3n) is 3.70. The van der Waals surface area contributed by atoms with E-state index in [2.05, 4.69) is 10.6 Å². The van der Waals surface area contributed by atoms with Crippen LogP contribution in [-0.2, 0) is 4.79 Å². The number of carbonyl (C=O) groups is 2. The molecule has 126 valence electrons. The summed E-state index contributed by atoms with van der Waals surface area (Å²) in [6.07, 6.45) is 0. The van der Waals surface area contributed by atoms with Gasteiger partial charge in [0.15, 0.2) is 0 Å². The highest BCUT2D eigenvalue weighted by Crippen LogP contribution is 2.22. The predicted octanol–water partition coefficient (Wildman–Crippen LogP) is 2.81. The molecule has 0 saturated carbocycles. The summed E-state index contributed by atoms with van der Waals surface area (Å²) in [4.78, 5) is 25.7. The molecule has 0 radical (unpaired) electrons. The molecule has 0 aromatic heterocycles. The molecule has 0 saturated heterocycles. The number of hydrogen-bond acceptors (Lipinski definition) is 3. The van der Waals surface area contributed by atoms with Gasteiger partial charge in [-0.3, -0.25) is 9.69 Å². The van der Waals surface area contributed by atoms with E-state index in [1.807, 2.05) is 49.2 Å². The Kier molecular flexibility index (Phi) is 5.92. The summed E-state index contributed by atoms with van der Waals surface area (Å²) in [5.74, 6) is -0.137. The average molecular weight is 326 g/mol. The molecule has 0 bridgehead atoms. The highest BCUT2D eigenvalue weighted by molar-refractivity contribution is 5.96. The average Bonchev–Trinajstić information content (AvgIpc) is 2.55. The highest BCUT2D eigenvalue weighted by atomic mass is 16.2. The maximum Gasteiger partial charge on any atom is 0.316 e. The van der Waals surface area contributed by atoms with Crippen molar-refractivity contribution in [1.82, 2.24) is 4.90 Å². The molecule has 2 rings (SSSR count). The zero-order valence-electron chi connectivity index (χ0n) is 13.8. The van der Waals surface area contributed by atoms with Crippen molar-refractivity contribution in [2.75, 3.05) is 24.2 Å². The van der Waals surface area contributed by atoms with E-state index < -0.39 is 12.1 Å². The number of nitrogens with two attached hydrogens (primary N) is 1. The van der Waals surface area contributed by atoms with Crippen LogP contribution in [0.25, 0.3) is 0 Å². The fourth-order valence-corrected chi connectivity index (χ4v) is 2.45. The standard InChI is InChI=1S/C18H22N4O2/c1-3-22(2)16(13-8-5-4-6-9-13)17(23)20-14-10-7-11-15(12-14)21-18(19)24/h4-12,16H,3H2,1-2H3,(H,20,23)(H3,19,21,24)/t16-/m1/s1. The quantitative estimate of drug-likeness (QED) is 0.763. The van der Waals surface area contributed by atoms with Crippen molar-refractivity contribution in [1.29, 1.82) is 0 Å². The van der Waals surface area contributed by atoms with Gasteiger partial charge in [-0.1, -0.05) is 43.3 Å². The van der Waals surface area contributed by atoms with Crippen molar-refractivity contribution in [2.45, 2.75) is 13.0 Å². The van der Waals surface area contributed by atoms with Gasteiger partial charge < -0.3 is 16.4 Å². The molecular weight excluding hydrogens is 304 g/mol. The van der Waals surface area contributed by atoms with Crippen LogP contribution in [0, 0.1) is 0 Å². The fourth-order valence-electron chi connectivity index (χ4n) is 2.45. The van der Waals surface area contributed by atoms with E-state index in [1.165, 1.54) is 0 Å². The maximum atomic E-state index is 12.8. The Morgan fingerprint density at radius 1 is 1.04 bits per heavy atom. The molecule has 4 N–H and O–H groups in total. The minimum atomic E-state index is -0.647. The molecular formula is C18H22N4O2. The van der Waals surface area contributed by atoms with Crippen LogP contribution in [0.2, 0.25) is 0 Å². The van der Waals surface area contributed by atoms with Gasteiger partial charge in [-0.05, 0) is 37.4 Å². The second-order valence-electron chi connectivity index (χ2n) is 5.45. The lowest BCUT2D eigenvalue weighted by molar-refractivity contribution is -0.121. The molecule has 24 heavy (non-hydrogen) atoms. The Morgan fingerprint density at radius 2 is 1.67 bits per heavy atom. The molecule has 0 fully saturated rings. The fraction of sp³-hybridized carbons (Fsp3) is 0.222. The van der Waals surface area contributed by atoms with E-state index in [0.29, 0.717) is 11.4 Å². The maximum absolute atomic E-state index is 12.8. The molecule has 1 atom stereocenters. The molecule has 0 aliphatic heterocycles. The summed E-state index contributed by atoms with van der Waals surface area (Å²) in [6.45, 7) is 2.73. The molecule has 6 nitrogen and oxygen atoms in total. The van der Waals surface area contributed by atoms with Crippen molar-refractivity contribution in [3.8, 4) is 0 Å². The number of amides is 3. The van der Waals surface area contributed by atoms with Crippen LogP contribution in [0.4, 0.5) is 16.2 Å². The van der Waals surface area contributed by atoms with Gasteiger partial charge in [0, 0.05) is 11.4 Å². The first kappa shape index (κ1) is 17.5. The Hall–Kier alpha value is -2.86. The lowest BCUT2D eigenvalue weighted by Crippen LogP contribution is -2.34. The van der Waals surface area contributed by atoms with Gasteiger partial charge in [0.1, 0.15) is 6.04 Å². The number of primary amides is 1. The molecule has 3 amide bonds. The number of rotatable bonds is 6. The van der Waals surface area contributed by atoms with Crippen molar-refractivity contribution in [3.63, 3.8) is 0 Å². The van der Waals surface area contributed by atoms with E-state index in [1.54, 1.807) is 24.3 Å². The van der Waals surface area contributed by atoms with Gasteiger partial charge in [0.05, 0.1) is 0 Å². The molecule has 0 unspecified atom stereocenters. The first-order valence-electron chi connectivity index (χ1n) is 7.74. The zero-order chi connectivity index (χ0) is 17.5. The molecule has 0 aliphatic carbocycles. The number of carbonyl (C=O) groups excluding carboxylic acids is 2. The minimum Gasteiger partial charge on any atom is -0.351 e. The second kappa shape index (κ2) is 8.12. The number of anilines is 2. The lowest BCUT2D eigenvalue weighted by atomic mass is 10.0. The summed E-state index contributed by atoms with van der Waals surface area (Å²) in [5.41, 5.74) is 7.16. The number of nitrogens with zero attached hydrogens (tertiary/aromatic N) is 1. The normalized spacial score (nSPS) is 11.8. The predicted molar refractivity (Wildman–Crippen MR) is 95.8 cm³/mol. The number of urea groups is 1. The van der Waals surface area contributed by atoms with Crippen molar-refractivity contribution < 1.29 is 9.59 Å². The summed E-state index contributed by atoms with van der Waals surface area (Å²) < 4.78 is 0. The molecule has 0 aliphatic rings. The van der Waals surface area contributed by atoms with E-state index >= 15 is 0 Å². The topological polar surface area (TPSA) is 87.5 Å². The van der Waals surface area contributed by atoms with Gasteiger partial charge in [-0.15, -0.1) is 0 Å². The van der Waals surface area contributed by atoms with Gasteiger partial charge in [-0.25, -0.2) is 4.79 Å². The molecule has 0 heterocycles. The Bertz CT molecular complexity index is 703. The van der Waals surface area contributed by atoms with Crippen LogP contribution >= 0.6 is 0 Å². The molecule has 6 heteroatoms. The van der Waals surface area contributed by atoms with E-state index in [-0.39, 0.29) is 5.91 Å².